The van der Waals surface area contributed by atoms with E-state index >= 15 is 0 Å². The van der Waals surface area contributed by atoms with Gasteiger partial charge in [0.2, 0.25) is 0 Å². The van der Waals surface area contributed by atoms with Gasteiger partial charge in [0.1, 0.15) is 0 Å². The van der Waals surface area contributed by atoms with Gasteiger partial charge in [0.15, 0.2) is 0 Å². The minimum absolute atomic E-state index is 0. The average molecular weight is 201 g/mol. The van der Waals surface area contributed by atoms with Crippen LogP contribution in [0.25, 0.3) is 5.73 Å². The van der Waals surface area contributed by atoms with Crippen LogP contribution in [0.4, 0.5) is 0 Å². The molecule has 1 nitrogen and oxygen atoms in total. The molecule has 0 aliphatic rings. The molecule has 1 atom stereocenters. The van der Waals surface area contributed by atoms with E-state index in [1.54, 1.807) is 6.08 Å². The fourth-order valence-corrected chi connectivity index (χ4v) is 1.27. The SMILES string of the molecule is C=CCC([NH-])c1ccccc1C.[Ca+2].[H-]. The third-order valence-corrected chi connectivity index (χ3v) is 1.97. The van der Waals surface area contributed by atoms with Gasteiger partial charge < -0.3 is 7.16 Å². The molecule has 0 spiro atoms. The second kappa shape index (κ2) is 6.61. The summed E-state index contributed by atoms with van der Waals surface area (Å²) in [5.41, 5.74) is 10.1. The normalized spacial score (nSPS) is 11.5. The summed E-state index contributed by atoms with van der Waals surface area (Å²) in [4.78, 5) is 0. The Labute approximate surface area is 112 Å². The summed E-state index contributed by atoms with van der Waals surface area (Å²) in [7, 11) is 0. The number of rotatable bonds is 3. The maximum Gasteiger partial charge on any atom is 2.00 e. The van der Waals surface area contributed by atoms with Crippen molar-refractivity contribution in [2.75, 3.05) is 0 Å². The largest absolute Gasteiger partial charge is 2.00 e. The van der Waals surface area contributed by atoms with Crippen molar-refractivity contribution in [2.24, 2.45) is 0 Å². The first-order chi connectivity index (χ1) is 5.75. The Morgan fingerprint density at radius 2 is 2.15 bits per heavy atom. The second-order valence-electron chi connectivity index (χ2n) is 2.93. The zero-order chi connectivity index (χ0) is 8.97. The standard InChI is InChI=1S/C11H14N.Ca.H/c1-3-6-11(12)10-8-5-4-7-9(10)2;;/h3-5,7-8,11-12H,1,6H2,2H3;;/q-1;+2;-1. The molecule has 13 heavy (non-hydrogen) atoms. The molecule has 0 radical (unpaired) electrons. The fraction of sp³-hybridized carbons (Fsp3) is 0.273. The monoisotopic (exact) mass is 201 g/mol. The van der Waals surface area contributed by atoms with Crippen LogP contribution in [0, 0.1) is 6.92 Å². The number of nitrogens with one attached hydrogen (secondary N) is 1. The number of hydrogen-bond donors (Lipinski definition) is 0. The molecular formula is C11H15CaN. The van der Waals surface area contributed by atoms with E-state index in [4.69, 9.17) is 5.73 Å². The van der Waals surface area contributed by atoms with Gasteiger partial charge in [-0.25, -0.2) is 0 Å². The first kappa shape index (κ1) is 13.2. The van der Waals surface area contributed by atoms with Crippen molar-refractivity contribution < 1.29 is 1.43 Å². The summed E-state index contributed by atoms with van der Waals surface area (Å²) in [5, 5.41) is 0. The third kappa shape index (κ3) is 3.82. The predicted molar refractivity (Wildman–Crippen MR) is 59.9 cm³/mol. The van der Waals surface area contributed by atoms with Crippen molar-refractivity contribution in [1.29, 1.82) is 0 Å². The zero-order valence-electron chi connectivity index (χ0n) is 9.09. The molecule has 1 rings (SSSR count). The molecule has 0 saturated heterocycles. The van der Waals surface area contributed by atoms with Gasteiger partial charge >= 0.3 is 37.7 Å². The number of benzene rings is 1. The Morgan fingerprint density at radius 3 is 2.69 bits per heavy atom. The molecule has 0 heterocycles. The van der Waals surface area contributed by atoms with E-state index in [0.29, 0.717) is 0 Å². The van der Waals surface area contributed by atoms with Crippen LogP contribution in [0.15, 0.2) is 36.9 Å². The van der Waals surface area contributed by atoms with Crippen molar-refractivity contribution in [2.45, 2.75) is 19.4 Å². The van der Waals surface area contributed by atoms with Crippen molar-refractivity contribution in [3.05, 3.63) is 53.8 Å². The molecule has 0 bridgehead atoms. The van der Waals surface area contributed by atoms with E-state index < -0.39 is 0 Å². The van der Waals surface area contributed by atoms with Gasteiger partial charge in [-0.2, -0.15) is 0 Å². The topological polar surface area (TPSA) is 23.8 Å². The number of hydrogen-bond acceptors (Lipinski definition) is 0. The maximum absolute atomic E-state index is 7.78. The van der Waals surface area contributed by atoms with E-state index in [9.17, 15) is 0 Å². The van der Waals surface area contributed by atoms with Crippen LogP contribution >= 0.6 is 0 Å². The van der Waals surface area contributed by atoms with Crippen LogP contribution in [-0.4, -0.2) is 37.7 Å². The molecule has 1 aromatic carbocycles. The van der Waals surface area contributed by atoms with Gasteiger partial charge in [0, 0.05) is 0 Å². The van der Waals surface area contributed by atoms with Gasteiger partial charge in [-0.15, -0.1) is 12.6 Å². The summed E-state index contributed by atoms with van der Waals surface area (Å²) >= 11 is 0. The van der Waals surface area contributed by atoms with Crippen molar-refractivity contribution >= 4 is 37.7 Å². The molecule has 0 aliphatic carbocycles. The van der Waals surface area contributed by atoms with Gasteiger partial charge in [-0.05, 0) is 18.9 Å². The molecule has 1 unspecified atom stereocenters. The summed E-state index contributed by atoms with van der Waals surface area (Å²) < 4.78 is 0. The van der Waals surface area contributed by atoms with Gasteiger partial charge in [0.25, 0.3) is 0 Å². The summed E-state index contributed by atoms with van der Waals surface area (Å²) in [6.07, 6.45) is 2.52. The minimum atomic E-state index is -0.149. The van der Waals surface area contributed by atoms with Crippen molar-refractivity contribution in [3.63, 3.8) is 0 Å². The molecule has 0 saturated carbocycles. The second-order valence-corrected chi connectivity index (χ2v) is 2.93. The molecular weight excluding hydrogens is 186 g/mol. The first-order valence-electron chi connectivity index (χ1n) is 4.13. The first-order valence-corrected chi connectivity index (χ1v) is 4.13. The van der Waals surface area contributed by atoms with Crippen LogP contribution in [0.2, 0.25) is 0 Å². The Morgan fingerprint density at radius 1 is 1.54 bits per heavy atom. The minimum Gasteiger partial charge on any atom is -1.00 e. The van der Waals surface area contributed by atoms with Crippen molar-refractivity contribution in [3.8, 4) is 0 Å². The summed E-state index contributed by atoms with van der Waals surface area (Å²) in [6.45, 7) is 5.68. The average Bonchev–Trinajstić information content (AvgIpc) is 2.05. The molecule has 66 valence electrons. The fourth-order valence-electron chi connectivity index (χ4n) is 1.27. The van der Waals surface area contributed by atoms with E-state index in [0.717, 1.165) is 12.0 Å². The Balaban J connectivity index is 0. The smallest absolute Gasteiger partial charge is 1.00 e. The van der Waals surface area contributed by atoms with E-state index in [1.165, 1.54) is 5.56 Å². The van der Waals surface area contributed by atoms with Crippen LogP contribution in [0.1, 0.15) is 25.0 Å². The summed E-state index contributed by atoms with van der Waals surface area (Å²) in [6, 6.07) is 7.88. The maximum atomic E-state index is 7.78. The zero-order valence-corrected chi connectivity index (χ0v) is 10.3. The van der Waals surface area contributed by atoms with E-state index in [-0.39, 0.29) is 45.2 Å². The molecule has 0 aliphatic heterocycles. The van der Waals surface area contributed by atoms with Crippen molar-refractivity contribution in [1.82, 2.24) is 0 Å². The number of aryl methyl sites for hydroxylation is 1. The molecule has 1 aromatic rings. The molecule has 0 fully saturated rings. The van der Waals surface area contributed by atoms with Gasteiger partial charge in [-0.1, -0.05) is 35.9 Å². The van der Waals surface area contributed by atoms with E-state index in [1.807, 2.05) is 31.2 Å². The van der Waals surface area contributed by atoms with E-state index in [2.05, 4.69) is 6.58 Å². The molecule has 0 amide bonds. The van der Waals surface area contributed by atoms with Crippen LogP contribution in [-0.2, 0) is 0 Å². The Hall–Kier alpha value is 0.180. The molecule has 2 heteroatoms. The molecule has 1 N–H and O–H groups in total. The Kier molecular flexibility index (Phi) is 6.70. The molecule has 0 aromatic heterocycles. The summed E-state index contributed by atoms with van der Waals surface area (Å²) in [5.74, 6) is 0. The Bertz CT molecular complexity index is 276. The van der Waals surface area contributed by atoms with Gasteiger partial charge in [-0.3, -0.25) is 0 Å². The third-order valence-electron chi connectivity index (χ3n) is 1.97. The van der Waals surface area contributed by atoms with Crippen LogP contribution in [0.3, 0.4) is 0 Å². The van der Waals surface area contributed by atoms with Gasteiger partial charge in [0.05, 0.1) is 0 Å². The predicted octanol–water partition coefficient (Wildman–Crippen LogP) is 3.40. The quantitative estimate of drug-likeness (QED) is 0.529. The van der Waals surface area contributed by atoms with Crippen LogP contribution in [0.5, 0.6) is 0 Å². The van der Waals surface area contributed by atoms with Crippen LogP contribution < -0.4 is 0 Å².